The van der Waals surface area contributed by atoms with Crippen molar-refractivity contribution < 1.29 is 0 Å². The molecule has 2 atom stereocenters. The Kier molecular flexibility index (Phi) is 10.0. The Balaban J connectivity index is 0.976. The zero-order valence-electron chi connectivity index (χ0n) is 34.7. The molecule has 10 aromatic rings. The molecule has 0 heterocycles. The number of aliphatic imine (C=N–C) groups is 2. The predicted octanol–water partition coefficient (Wildman–Crippen LogP) is 15.8. The van der Waals surface area contributed by atoms with Crippen molar-refractivity contribution in [1.29, 1.82) is 0 Å². The Labute approximate surface area is 363 Å². The minimum atomic E-state index is 0.107. The molecule has 2 nitrogen and oxygen atoms in total. The summed E-state index contributed by atoms with van der Waals surface area (Å²) in [6, 6.07) is 75.3. The maximum Gasteiger partial charge on any atom is 0.0723 e. The molecule has 1 fully saturated rings. The molecular weight excluding hydrogens is 749 g/mol. The number of benzene rings is 10. The second-order valence-corrected chi connectivity index (χ2v) is 16.7. The highest BCUT2D eigenvalue weighted by Crippen LogP contribution is 2.43. The average molecular weight is 795 g/mol. The van der Waals surface area contributed by atoms with Crippen LogP contribution in [-0.4, -0.2) is 24.5 Å². The molecule has 296 valence electrons. The summed E-state index contributed by atoms with van der Waals surface area (Å²) in [5, 5.41) is 9.89. The lowest BCUT2D eigenvalue weighted by Crippen LogP contribution is -2.27. The average Bonchev–Trinajstić information content (AvgIpc) is 3.34. The molecule has 10 aromatic carbocycles. The fraction of sp³-hybridized carbons (Fsp3) is 0.100. The summed E-state index contributed by atoms with van der Waals surface area (Å²) in [7, 11) is 0. The van der Waals surface area contributed by atoms with E-state index in [-0.39, 0.29) is 12.1 Å². The van der Waals surface area contributed by atoms with Gasteiger partial charge in [-0.15, -0.1) is 0 Å². The number of rotatable bonds is 8. The molecule has 1 saturated carbocycles. The third-order valence-electron chi connectivity index (χ3n) is 12.9. The van der Waals surface area contributed by atoms with Crippen LogP contribution in [0, 0.1) is 0 Å². The van der Waals surface area contributed by atoms with Crippen LogP contribution < -0.4 is 0 Å². The first-order chi connectivity index (χ1) is 30.7. The molecule has 2 heteroatoms. The lowest BCUT2D eigenvalue weighted by atomic mass is 9.86. The van der Waals surface area contributed by atoms with Gasteiger partial charge in [-0.05, 0) is 136 Å². The highest BCUT2D eigenvalue weighted by molar-refractivity contribution is 6.13. The smallest absolute Gasteiger partial charge is 0.0723 e. The fourth-order valence-corrected chi connectivity index (χ4v) is 9.87. The summed E-state index contributed by atoms with van der Waals surface area (Å²) < 4.78 is 0. The highest BCUT2D eigenvalue weighted by Gasteiger charge is 2.24. The normalized spacial score (nSPS) is 15.7. The van der Waals surface area contributed by atoms with Crippen molar-refractivity contribution in [3.63, 3.8) is 0 Å². The van der Waals surface area contributed by atoms with E-state index in [1.165, 1.54) is 87.6 Å². The van der Waals surface area contributed by atoms with E-state index in [2.05, 4.69) is 219 Å². The van der Waals surface area contributed by atoms with Crippen LogP contribution in [0.15, 0.2) is 216 Å². The fourth-order valence-electron chi connectivity index (χ4n) is 9.87. The van der Waals surface area contributed by atoms with Gasteiger partial charge in [0.1, 0.15) is 0 Å². The largest absolute Gasteiger partial charge is 0.287 e. The molecule has 62 heavy (non-hydrogen) atoms. The van der Waals surface area contributed by atoms with E-state index in [0.29, 0.717) is 0 Å². The summed E-state index contributed by atoms with van der Waals surface area (Å²) in [5.41, 5.74) is 12.1. The number of hydrogen-bond donors (Lipinski definition) is 0. The van der Waals surface area contributed by atoms with E-state index in [1.54, 1.807) is 0 Å². The van der Waals surface area contributed by atoms with E-state index < -0.39 is 0 Å². The molecule has 0 spiro atoms. The second-order valence-electron chi connectivity index (χ2n) is 16.7. The van der Waals surface area contributed by atoms with Gasteiger partial charge in [0.15, 0.2) is 0 Å². The van der Waals surface area contributed by atoms with Crippen LogP contribution in [0.1, 0.15) is 36.8 Å². The van der Waals surface area contributed by atoms with Gasteiger partial charge < -0.3 is 0 Å². The van der Waals surface area contributed by atoms with Crippen LogP contribution in [0.3, 0.4) is 0 Å². The van der Waals surface area contributed by atoms with Crippen LogP contribution in [-0.2, 0) is 0 Å². The molecule has 0 aromatic heterocycles. The summed E-state index contributed by atoms with van der Waals surface area (Å²) in [6.45, 7) is 0. The molecule has 0 N–H and O–H groups in total. The van der Waals surface area contributed by atoms with E-state index in [4.69, 9.17) is 9.98 Å². The topological polar surface area (TPSA) is 24.7 Å². The van der Waals surface area contributed by atoms with Gasteiger partial charge in [-0.3, -0.25) is 9.98 Å². The number of fused-ring (bicyclic) bond motifs is 4. The predicted molar refractivity (Wildman–Crippen MR) is 266 cm³/mol. The van der Waals surface area contributed by atoms with Crippen molar-refractivity contribution in [1.82, 2.24) is 0 Å². The number of nitrogens with zero attached hydrogens (tertiary/aromatic N) is 2. The van der Waals surface area contributed by atoms with Gasteiger partial charge in [0, 0.05) is 12.4 Å². The first kappa shape index (κ1) is 37.6. The monoisotopic (exact) mass is 794 g/mol. The third-order valence-corrected chi connectivity index (χ3v) is 12.9. The molecule has 11 rings (SSSR count). The minimum absolute atomic E-state index is 0.107. The van der Waals surface area contributed by atoms with Crippen molar-refractivity contribution in [3.8, 4) is 44.5 Å². The van der Waals surface area contributed by atoms with Gasteiger partial charge in [0.25, 0.3) is 0 Å². The van der Waals surface area contributed by atoms with Crippen molar-refractivity contribution in [2.24, 2.45) is 9.98 Å². The molecule has 0 aliphatic heterocycles. The third kappa shape index (κ3) is 7.18. The van der Waals surface area contributed by atoms with Gasteiger partial charge in [-0.1, -0.05) is 195 Å². The lowest BCUT2D eigenvalue weighted by molar-refractivity contribution is 0.390. The van der Waals surface area contributed by atoms with Crippen LogP contribution in [0.5, 0.6) is 0 Å². The Morgan fingerprint density at radius 3 is 1.13 bits per heavy atom. The molecule has 0 saturated heterocycles. The van der Waals surface area contributed by atoms with Crippen LogP contribution in [0.25, 0.3) is 87.6 Å². The SMILES string of the molecule is C(=N[C@H]1CCCC[C@@H]1N=Cc1cc(-c2c(-c3ccccc3)ccc3ccccc23)c2ccccc2c1)c1cc(-c2c(-c3ccccc3)ccc3ccccc23)c2ccccc2c1. The van der Waals surface area contributed by atoms with Crippen LogP contribution >= 0.6 is 0 Å². The standard InChI is InChI=1S/C60H46N2/c1-3-17-43(18-4-1)53-33-31-45-21-7-13-27-51(45)59(53)55-37-41(35-47-23-9-11-25-49(47)55)39-61-57-29-15-16-30-58(57)62-40-42-36-48-24-10-12-26-50(48)56(38-42)60-52-28-14-8-22-46(52)32-34-54(60)44-19-5-2-6-20-44/h1-14,17-28,31-40,57-58H,15-16,29-30H2/t57-,58-/m0/s1. The zero-order chi connectivity index (χ0) is 41.2. The van der Waals surface area contributed by atoms with Gasteiger partial charge in [-0.2, -0.15) is 0 Å². The Bertz CT molecular complexity index is 3080. The molecular formula is C60H46N2. The van der Waals surface area contributed by atoms with Crippen LogP contribution in [0.4, 0.5) is 0 Å². The summed E-state index contributed by atoms with van der Waals surface area (Å²) in [5.74, 6) is 0. The highest BCUT2D eigenvalue weighted by atomic mass is 14.9. The van der Waals surface area contributed by atoms with E-state index in [0.717, 1.165) is 36.8 Å². The van der Waals surface area contributed by atoms with Gasteiger partial charge in [0.05, 0.1) is 12.1 Å². The Hall–Kier alpha value is -7.42. The minimum Gasteiger partial charge on any atom is -0.287 e. The maximum atomic E-state index is 5.39. The van der Waals surface area contributed by atoms with Crippen molar-refractivity contribution in [2.45, 2.75) is 37.8 Å². The van der Waals surface area contributed by atoms with E-state index >= 15 is 0 Å². The molecule has 0 amide bonds. The first-order valence-electron chi connectivity index (χ1n) is 22.0. The molecule has 0 bridgehead atoms. The summed E-state index contributed by atoms with van der Waals surface area (Å²) >= 11 is 0. The first-order valence-corrected chi connectivity index (χ1v) is 22.0. The quantitative estimate of drug-likeness (QED) is 0.137. The molecule has 1 aliphatic rings. The zero-order valence-corrected chi connectivity index (χ0v) is 34.7. The Morgan fingerprint density at radius 2 is 0.694 bits per heavy atom. The molecule has 0 unspecified atom stereocenters. The van der Waals surface area contributed by atoms with Gasteiger partial charge >= 0.3 is 0 Å². The van der Waals surface area contributed by atoms with Gasteiger partial charge in [0.2, 0.25) is 0 Å². The van der Waals surface area contributed by atoms with Crippen molar-refractivity contribution in [2.75, 3.05) is 0 Å². The number of hydrogen-bond acceptors (Lipinski definition) is 2. The maximum absolute atomic E-state index is 5.39. The Morgan fingerprint density at radius 1 is 0.323 bits per heavy atom. The van der Waals surface area contributed by atoms with Crippen molar-refractivity contribution >= 4 is 55.5 Å². The van der Waals surface area contributed by atoms with E-state index in [1.807, 2.05) is 0 Å². The second kappa shape index (κ2) is 16.6. The van der Waals surface area contributed by atoms with Crippen LogP contribution in [0.2, 0.25) is 0 Å². The molecule has 0 radical (unpaired) electrons. The molecule has 1 aliphatic carbocycles. The lowest BCUT2D eigenvalue weighted by Gasteiger charge is -2.25. The van der Waals surface area contributed by atoms with Crippen molar-refractivity contribution in [3.05, 3.63) is 217 Å². The summed E-state index contributed by atoms with van der Waals surface area (Å²) in [4.78, 5) is 10.8. The van der Waals surface area contributed by atoms with Gasteiger partial charge in [-0.25, -0.2) is 0 Å². The summed E-state index contributed by atoms with van der Waals surface area (Å²) in [6.07, 6.45) is 8.64. The van der Waals surface area contributed by atoms with E-state index in [9.17, 15) is 0 Å².